The van der Waals surface area contributed by atoms with Crippen molar-refractivity contribution in [2.24, 2.45) is 0 Å². The highest BCUT2D eigenvalue weighted by Gasteiger charge is 2.47. The van der Waals surface area contributed by atoms with Crippen molar-refractivity contribution in [2.45, 2.75) is 250 Å². The molecule has 1 amide bonds. The van der Waals surface area contributed by atoms with Gasteiger partial charge < -0.3 is 45.1 Å². The minimum atomic E-state index is -1.64. The van der Waals surface area contributed by atoms with Crippen molar-refractivity contribution in [3.63, 3.8) is 0 Å². The van der Waals surface area contributed by atoms with E-state index in [1.165, 1.54) is 44.9 Å². The molecule has 0 spiro atoms. The molecule has 0 radical (unpaired) electrons. The molecule has 0 bridgehead atoms. The van der Waals surface area contributed by atoms with E-state index in [2.05, 4.69) is 111 Å². The Morgan fingerprint density at radius 3 is 1.61 bits per heavy atom. The van der Waals surface area contributed by atoms with Crippen LogP contribution in [0.1, 0.15) is 201 Å². The number of carbonyl (C=O) groups excluding carboxylic acids is 2. The highest BCUT2D eigenvalue weighted by Crippen LogP contribution is 2.26. The van der Waals surface area contributed by atoms with Crippen LogP contribution in [-0.2, 0) is 23.8 Å². The zero-order valence-corrected chi connectivity index (χ0v) is 46.2. The number of allylic oxidation sites excluding steroid dienone is 19. The van der Waals surface area contributed by atoms with Gasteiger partial charge in [0.05, 0.1) is 25.4 Å². The third-order valence-corrected chi connectivity index (χ3v) is 12.7. The zero-order chi connectivity index (χ0) is 54.0. The number of carbonyl (C=O) groups is 2. The fourth-order valence-electron chi connectivity index (χ4n) is 8.12. The smallest absolute Gasteiger partial charge is 0.306 e. The predicted octanol–water partition coefficient (Wildman–Crippen LogP) is 13.1. The SMILES string of the molecule is CC/C=C\C/C=C\C/C=C\C/C=C\C/C=C\C/C=C\CCCCC(=O)OC1C(OCC(NC(=O)C(O)CCCCCC\C=C/C=C/C=C/CC)C(O)/C=C/CCCCCCCCCCCC)OC(CO)C(O)C1O. The Morgan fingerprint density at radius 1 is 0.554 bits per heavy atom. The van der Waals surface area contributed by atoms with Crippen molar-refractivity contribution in [1.29, 1.82) is 0 Å². The second kappa shape index (κ2) is 49.9. The van der Waals surface area contributed by atoms with Gasteiger partial charge in [0.1, 0.15) is 24.4 Å². The average molecular weight is 1030 g/mol. The lowest BCUT2D eigenvalue weighted by Gasteiger charge is -2.41. The van der Waals surface area contributed by atoms with Crippen molar-refractivity contribution in [1.82, 2.24) is 5.32 Å². The molecule has 8 unspecified atom stereocenters. The third kappa shape index (κ3) is 37.7. The number of esters is 1. The molecular weight excluding hydrogens is 931 g/mol. The van der Waals surface area contributed by atoms with Gasteiger partial charge in [-0.15, -0.1) is 0 Å². The normalized spacial score (nSPS) is 20.2. The van der Waals surface area contributed by atoms with Crippen molar-refractivity contribution in [3.05, 3.63) is 122 Å². The van der Waals surface area contributed by atoms with Gasteiger partial charge in [-0.25, -0.2) is 0 Å². The van der Waals surface area contributed by atoms with Crippen molar-refractivity contribution in [2.75, 3.05) is 13.2 Å². The Kier molecular flexibility index (Phi) is 45.9. The minimum absolute atomic E-state index is 0.0586. The molecule has 1 heterocycles. The van der Waals surface area contributed by atoms with Crippen LogP contribution in [0.5, 0.6) is 0 Å². The van der Waals surface area contributed by atoms with E-state index in [1.807, 2.05) is 30.4 Å². The molecule has 1 fully saturated rings. The summed E-state index contributed by atoms with van der Waals surface area (Å²) in [6.07, 6.45) is 58.2. The molecule has 420 valence electrons. The lowest BCUT2D eigenvalue weighted by Crippen LogP contribution is -2.61. The second-order valence-electron chi connectivity index (χ2n) is 19.3. The number of unbranched alkanes of at least 4 members (excludes halogenated alkanes) is 16. The van der Waals surface area contributed by atoms with Crippen molar-refractivity contribution < 1.29 is 49.3 Å². The summed E-state index contributed by atoms with van der Waals surface area (Å²) >= 11 is 0. The van der Waals surface area contributed by atoms with Crippen LogP contribution in [-0.4, -0.2) is 99.6 Å². The van der Waals surface area contributed by atoms with E-state index < -0.39 is 67.4 Å². The highest BCUT2D eigenvalue weighted by molar-refractivity contribution is 5.80. The Bertz CT molecular complexity index is 1660. The van der Waals surface area contributed by atoms with E-state index >= 15 is 0 Å². The molecule has 11 nitrogen and oxygen atoms in total. The largest absolute Gasteiger partial charge is 0.454 e. The molecule has 0 aromatic carbocycles. The predicted molar refractivity (Wildman–Crippen MR) is 305 cm³/mol. The molecule has 11 heteroatoms. The topological polar surface area (TPSA) is 175 Å². The summed E-state index contributed by atoms with van der Waals surface area (Å²) in [6.45, 7) is 5.47. The standard InChI is InChI=1S/C63H103NO10/c1-4-7-10-13-16-19-22-25-26-27-28-29-30-31-32-33-36-39-42-45-48-51-58(68)74-61-60(70)59(69)57(52-65)73-63(61)72-53-54(55(66)49-46-43-40-37-34-23-20-17-14-11-8-5-2)64-62(71)56(67)50-47-44-41-38-35-24-21-18-15-12-9-6-3/h7,9-10,12,15-16,18-19,21,24-26,28-29,31-32,36,39,46,49,54-57,59-61,63,65-67,69-70H,4-6,8,11,13-14,17,20,22-23,27,30,33-35,37-38,40-45,47-48,50-53H2,1-3H3,(H,64,71)/b10-7-,12-9+,18-15+,19-16-,24-21-,26-25-,29-28-,32-31-,39-36-,49-46+. The van der Waals surface area contributed by atoms with E-state index in [4.69, 9.17) is 14.2 Å². The van der Waals surface area contributed by atoms with E-state index in [0.29, 0.717) is 12.8 Å². The van der Waals surface area contributed by atoms with Crippen molar-refractivity contribution >= 4 is 11.9 Å². The first-order valence-corrected chi connectivity index (χ1v) is 28.8. The fraction of sp³-hybridized carbons (Fsp3) is 0.651. The number of rotatable bonds is 46. The number of ether oxygens (including phenoxy) is 3. The molecule has 1 rings (SSSR count). The summed E-state index contributed by atoms with van der Waals surface area (Å²) in [5.74, 6) is -1.27. The van der Waals surface area contributed by atoms with Gasteiger partial charge in [-0.05, 0) is 96.3 Å². The number of nitrogens with one attached hydrogen (secondary N) is 1. The van der Waals surface area contributed by atoms with E-state index in [0.717, 1.165) is 109 Å². The van der Waals surface area contributed by atoms with Crippen LogP contribution in [0.25, 0.3) is 0 Å². The first kappa shape index (κ1) is 68.1. The Hall–Kier alpha value is -3.94. The number of amides is 1. The molecule has 1 aliphatic rings. The first-order valence-electron chi connectivity index (χ1n) is 28.8. The fourth-order valence-corrected chi connectivity index (χ4v) is 8.12. The average Bonchev–Trinajstić information content (AvgIpc) is 3.40. The summed E-state index contributed by atoms with van der Waals surface area (Å²) in [6, 6.07) is -1.05. The minimum Gasteiger partial charge on any atom is -0.454 e. The number of aliphatic hydroxyl groups excluding tert-OH is 5. The van der Waals surface area contributed by atoms with Crippen LogP contribution < -0.4 is 5.32 Å². The summed E-state index contributed by atoms with van der Waals surface area (Å²) in [5, 5.41) is 56.7. The van der Waals surface area contributed by atoms with Gasteiger partial charge in [0.15, 0.2) is 12.4 Å². The van der Waals surface area contributed by atoms with Crippen LogP contribution in [0.4, 0.5) is 0 Å². The summed E-state index contributed by atoms with van der Waals surface area (Å²) in [7, 11) is 0. The summed E-state index contributed by atoms with van der Waals surface area (Å²) in [4.78, 5) is 26.4. The lowest BCUT2D eigenvalue weighted by atomic mass is 9.99. The number of hydrogen-bond donors (Lipinski definition) is 6. The number of aliphatic hydroxyl groups is 5. The molecule has 0 aromatic rings. The highest BCUT2D eigenvalue weighted by atomic mass is 16.7. The monoisotopic (exact) mass is 1030 g/mol. The lowest BCUT2D eigenvalue weighted by molar-refractivity contribution is -0.305. The molecule has 8 atom stereocenters. The molecular formula is C63H103NO10. The van der Waals surface area contributed by atoms with Gasteiger partial charge >= 0.3 is 5.97 Å². The maximum atomic E-state index is 13.3. The maximum absolute atomic E-state index is 13.3. The molecule has 1 saturated heterocycles. The quantitative estimate of drug-likeness (QED) is 0.0149. The molecule has 74 heavy (non-hydrogen) atoms. The van der Waals surface area contributed by atoms with Crippen LogP contribution in [0, 0.1) is 0 Å². The third-order valence-electron chi connectivity index (χ3n) is 12.7. The van der Waals surface area contributed by atoms with Crippen LogP contribution in [0.3, 0.4) is 0 Å². The molecule has 6 N–H and O–H groups in total. The first-order chi connectivity index (χ1) is 36.2. The Morgan fingerprint density at radius 2 is 1.04 bits per heavy atom. The molecule has 1 aliphatic heterocycles. The van der Waals surface area contributed by atoms with Gasteiger partial charge in [0, 0.05) is 6.42 Å². The molecule has 0 aromatic heterocycles. The van der Waals surface area contributed by atoms with Crippen LogP contribution in [0.15, 0.2) is 122 Å². The summed E-state index contributed by atoms with van der Waals surface area (Å²) in [5.41, 5.74) is 0. The van der Waals surface area contributed by atoms with Crippen molar-refractivity contribution in [3.8, 4) is 0 Å². The van der Waals surface area contributed by atoms with Gasteiger partial charge in [0.2, 0.25) is 5.91 Å². The zero-order valence-electron chi connectivity index (χ0n) is 46.2. The molecule has 0 saturated carbocycles. The maximum Gasteiger partial charge on any atom is 0.306 e. The Balaban J connectivity index is 2.75. The van der Waals surface area contributed by atoms with Gasteiger partial charge in [-0.1, -0.05) is 219 Å². The van der Waals surface area contributed by atoms with Crippen LogP contribution >= 0.6 is 0 Å². The van der Waals surface area contributed by atoms with E-state index in [9.17, 15) is 35.1 Å². The molecule has 0 aliphatic carbocycles. The Labute approximate surface area is 449 Å². The van der Waals surface area contributed by atoms with E-state index in [-0.39, 0.29) is 19.4 Å². The second-order valence-corrected chi connectivity index (χ2v) is 19.3. The van der Waals surface area contributed by atoms with Gasteiger partial charge in [-0.2, -0.15) is 0 Å². The number of hydrogen-bond acceptors (Lipinski definition) is 10. The van der Waals surface area contributed by atoms with E-state index in [1.54, 1.807) is 6.08 Å². The van der Waals surface area contributed by atoms with Gasteiger partial charge in [0.25, 0.3) is 0 Å². The van der Waals surface area contributed by atoms with Gasteiger partial charge in [-0.3, -0.25) is 9.59 Å². The van der Waals surface area contributed by atoms with Crippen LogP contribution in [0.2, 0.25) is 0 Å². The summed E-state index contributed by atoms with van der Waals surface area (Å²) < 4.78 is 17.5.